The van der Waals surface area contributed by atoms with Gasteiger partial charge in [0.05, 0.1) is 23.2 Å². The van der Waals surface area contributed by atoms with Crippen LogP contribution >= 0.6 is 0 Å². The summed E-state index contributed by atoms with van der Waals surface area (Å²) in [5.74, 6) is -0.447. The molecule has 6 nitrogen and oxygen atoms in total. The number of amides is 1. The van der Waals surface area contributed by atoms with E-state index in [1.807, 2.05) is 38.1 Å². The lowest BCUT2D eigenvalue weighted by Gasteiger charge is -2.25. The number of anilines is 1. The summed E-state index contributed by atoms with van der Waals surface area (Å²) in [6.07, 6.45) is 0.914. The van der Waals surface area contributed by atoms with Crippen LogP contribution in [-0.4, -0.2) is 27.5 Å². The average Bonchev–Trinajstić information content (AvgIpc) is 2.83. The van der Waals surface area contributed by atoms with Crippen LogP contribution in [0.1, 0.15) is 37.9 Å². The van der Waals surface area contributed by atoms with Gasteiger partial charge in [0.25, 0.3) is 10.0 Å². The number of aryl methyl sites for hydroxylation is 1. The molecule has 0 heterocycles. The van der Waals surface area contributed by atoms with E-state index in [1.54, 1.807) is 12.1 Å². The Morgan fingerprint density at radius 1 is 0.971 bits per heavy atom. The highest BCUT2D eigenvalue weighted by Gasteiger charge is 2.28. The van der Waals surface area contributed by atoms with E-state index in [9.17, 15) is 17.6 Å². The third-order valence-electron chi connectivity index (χ3n) is 5.39. The van der Waals surface area contributed by atoms with Crippen molar-refractivity contribution in [1.29, 1.82) is 0 Å². The Balaban J connectivity index is 1.85. The Bertz CT molecular complexity index is 1200. The topological polar surface area (TPSA) is 75.7 Å². The van der Waals surface area contributed by atoms with E-state index in [4.69, 9.17) is 4.74 Å². The number of nitrogens with zero attached hydrogens (tertiary/aromatic N) is 1. The Kier molecular flexibility index (Phi) is 8.28. The number of nitrogens with one attached hydrogen (secondary N) is 1. The van der Waals surface area contributed by atoms with Crippen molar-refractivity contribution in [3.05, 3.63) is 89.7 Å². The Labute approximate surface area is 200 Å². The second-order valence-electron chi connectivity index (χ2n) is 7.78. The van der Waals surface area contributed by atoms with Gasteiger partial charge in [-0.05, 0) is 79.9 Å². The molecule has 1 atom stereocenters. The van der Waals surface area contributed by atoms with Crippen LogP contribution in [-0.2, 0) is 21.2 Å². The maximum Gasteiger partial charge on any atom is 0.264 e. The van der Waals surface area contributed by atoms with Crippen LogP contribution in [0.4, 0.5) is 10.1 Å². The minimum atomic E-state index is -4.11. The Morgan fingerprint density at radius 2 is 1.59 bits per heavy atom. The smallest absolute Gasteiger partial charge is 0.264 e. The highest BCUT2D eigenvalue weighted by molar-refractivity contribution is 7.92. The molecule has 0 spiro atoms. The normalized spacial score (nSPS) is 12.1. The van der Waals surface area contributed by atoms with Crippen molar-refractivity contribution in [3.8, 4) is 5.75 Å². The Hall–Kier alpha value is -3.39. The first-order chi connectivity index (χ1) is 16.2. The van der Waals surface area contributed by atoms with Crippen molar-refractivity contribution in [3.63, 3.8) is 0 Å². The van der Waals surface area contributed by atoms with Gasteiger partial charge in [-0.1, -0.05) is 31.2 Å². The first kappa shape index (κ1) is 25.2. The highest BCUT2D eigenvalue weighted by atomic mass is 32.2. The number of hydrogen-bond donors (Lipinski definition) is 1. The van der Waals surface area contributed by atoms with Crippen LogP contribution in [0.15, 0.2) is 77.7 Å². The van der Waals surface area contributed by atoms with Gasteiger partial charge >= 0.3 is 0 Å². The van der Waals surface area contributed by atoms with E-state index >= 15 is 0 Å². The van der Waals surface area contributed by atoms with Gasteiger partial charge < -0.3 is 10.1 Å². The molecule has 3 aromatic rings. The SMILES string of the molecule is CCOc1ccc(S(=O)(=O)N(CC(=O)NC(C)c2ccc(CC)cc2)c2ccc(F)cc2)cc1. The maximum atomic E-state index is 13.5. The quantitative estimate of drug-likeness (QED) is 0.446. The molecule has 180 valence electrons. The third kappa shape index (κ3) is 6.14. The van der Waals surface area contributed by atoms with Gasteiger partial charge in [0.1, 0.15) is 18.1 Å². The van der Waals surface area contributed by atoms with Crippen LogP contribution in [0.5, 0.6) is 5.75 Å². The van der Waals surface area contributed by atoms with Crippen molar-refractivity contribution >= 4 is 21.6 Å². The molecule has 0 saturated heterocycles. The summed E-state index contributed by atoms with van der Waals surface area (Å²) in [6.45, 7) is 5.72. The summed E-state index contributed by atoms with van der Waals surface area (Å²) in [7, 11) is -4.11. The van der Waals surface area contributed by atoms with Gasteiger partial charge in [-0.2, -0.15) is 0 Å². The molecule has 0 aromatic heterocycles. The van der Waals surface area contributed by atoms with Crippen molar-refractivity contribution in [2.75, 3.05) is 17.5 Å². The van der Waals surface area contributed by atoms with Crippen molar-refractivity contribution < 1.29 is 22.3 Å². The van der Waals surface area contributed by atoms with Crippen LogP contribution < -0.4 is 14.4 Å². The summed E-state index contributed by atoms with van der Waals surface area (Å²) in [5, 5.41) is 2.86. The molecule has 1 amide bonds. The number of sulfonamides is 1. The minimum Gasteiger partial charge on any atom is -0.494 e. The second kappa shape index (κ2) is 11.2. The van der Waals surface area contributed by atoms with Crippen LogP contribution in [0.3, 0.4) is 0 Å². The van der Waals surface area contributed by atoms with Gasteiger partial charge in [0.2, 0.25) is 5.91 Å². The summed E-state index contributed by atoms with van der Waals surface area (Å²) >= 11 is 0. The number of ether oxygens (including phenoxy) is 1. The number of carbonyl (C=O) groups excluding carboxylic acids is 1. The molecule has 1 N–H and O–H groups in total. The second-order valence-corrected chi connectivity index (χ2v) is 9.64. The molecule has 0 aliphatic rings. The molecule has 3 rings (SSSR count). The largest absolute Gasteiger partial charge is 0.494 e. The van der Waals surface area contributed by atoms with Crippen molar-refractivity contribution in [2.24, 2.45) is 0 Å². The number of benzene rings is 3. The number of halogens is 1. The summed E-state index contributed by atoms with van der Waals surface area (Å²) in [6, 6.07) is 18.5. The first-order valence-electron chi connectivity index (χ1n) is 11.1. The van der Waals surface area contributed by atoms with Crippen molar-refractivity contribution in [2.45, 2.75) is 38.1 Å². The fourth-order valence-corrected chi connectivity index (χ4v) is 4.89. The van der Waals surface area contributed by atoms with Gasteiger partial charge in [0.15, 0.2) is 0 Å². The molecule has 0 saturated carbocycles. The average molecular weight is 485 g/mol. The first-order valence-corrected chi connectivity index (χ1v) is 12.6. The van der Waals surface area contributed by atoms with Gasteiger partial charge in [-0.25, -0.2) is 12.8 Å². The summed E-state index contributed by atoms with van der Waals surface area (Å²) in [4.78, 5) is 12.9. The van der Waals surface area contributed by atoms with E-state index in [0.29, 0.717) is 12.4 Å². The molecular weight excluding hydrogens is 455 g/mol. The zero-order chi connectivity index (χ0) is 24.7. The lowest BCUT2D eigenvalue weighted by molar-refractivity contribution is -0.120. The van der Waals surface area contributed by atoms with Gasteiger partial charge in [-0.3, -0.25) is 9.10 Å². The van der Waals surface area contributed by atoms with Gasteiger partial charge in [-0.15, -0.1) is 0 Å². The maximum absolute atomic E-state index is 13.5. The zero-order valence-electron chi connectivity index (χ0n) is 19.5. The van der Waals surface area contributed by atoms with Crippen LogP contribution in [0.25, 0.3) is 0 Å². The zero-order valence-corrected chi connectivity index (χ0v) is 20.3. The highest BCUT2D eigenvalue weighted by Crippen LogP contribution is 2.25. The predicted octanol–water partition coefficient (Wildman–Crippen LogP) is 4.86. The van der Waals surface area contributed by atoms with E-state index < -0.39 is 28.3 Å². The molecule has 0 fully saturated rings. The molecule has 34 heavy (non-hydrogen) atoms. The summed E-state index contributed by atoms with van der Waals surface area (Å²) in [5.41, 5.74) is 2.28. The molecule has 0 bridgehead atoms. The minimum absolute atomic E-state index is 0.00344. The van der Waals surface area contributed by atoms with Gasteiger partial charge in [0, 0.05) is 0 Å². The molecule has 8 heteroatoms. The molecule has 3 aromatic carbocycles. The molecule has 0 aliphatic carbocycles. The number of rotatable bonds is 10. The molecule has 1 unspecified atom stereocenters. The fourth-order valence-electron chi connectivity index (χ4n) is 3.47. The van der Waals surface area contributed by atoms with E-state index in [1.165, 1.54) is 29.8 Å². The predicted molar refractivity (Wildman–Crippen MR) is 131 cm³/mol. The van der Waals surface area contributed by atoms with E-state index in [0.717, 1.165) is 28.4 Å². The lowest BCUT2D eigenvalue weighted by atomic mass is 10.1. The van der Waals surface area contributed by atoms with E-state index in [-0.39, 0.29) is 16.6 Å². The standard InChI is InChI=1S/C26H29FN2O4S/c1-4-20-6-8-21(9-7-20)19(3)28-26(30)18-29(23-12-10-22(27)11-13-23)34(31,32)25-16-14-24(15-17-25)33-5-2/h6-17,19H,4-5,18H2,1-3H3,(H,28,30). The summed E-state index contributed by atoms with van der Waals surface area (Å²) < 4.78 is 46.8. The molecular formula is C26H29FN2O4S. The lowest BCUT2D eigenvalue weighted by Crippen LogP contribution is -2.41. The molecule has 0 aliphatic heterocycles. The van der Waals surface area contributed by atoms with E-state index in [2.05, 4.69) is 12.2 Å². The monoisotopic (exact) mass is 484 g/mol. The third-order valence-corrected chi connectivity index (χ3v) is 7.18. The number of carbonyl (C=O) groups is 1. The van der Waals surface area contributed by atoms with Crippen molar-refractivity contribution in [1.82, 2.24) is 5.32 Å². The fraction of sp³-hybridized carbons (Fsp3) is 0.269. The van der Waals surface area contributed by atoms with Crippen LogP contribution in [0, 0.1) is 5.82 Å². The van der Waals surface area contributed by atoms with Crippen LogP contribution in [0.2, 0.25) is 0 Å². The Morgan fingerprint density at radius 3 is 2.15 bits per heavy atom. The number of hydrogen-bond acceptors (Lipinski definition) is 4. The molecule has 0 radical (unpaired) electrons.